The van der Waals surface area contributed by atoms with Gasteiger partial charge in [0.25, 0.3) is 0 Å². The molecule has 6 heteroatoms. The molecule has 132 valence electrons. The van der Waals surface area contributed by atoms with Crippen LogP contribution in [0, 0.1) is 5.82 Å². The molecule has 0 aromatic heterocycles. The summed E-state index contributed by atoms with van der Waals surface area (Å²) < 4.78 is 19.0. The van der Waals surface area contributed by atoms with Crippen LogP contribution in [-0.4, -0.2) is 34.7 Å². The molecule has 2 saturated heterocycles. The van der Waals surface area contributed by atoms with E-state index in [1.165, 1.54) is 12.1 Å². The quantitative estimate of drug-likeness (QED) is 0.827. The van der Waals surface area contributed by atoms with Crippen molar-refractivity contribution in [1.82, 2.24) is 4.90 Å². The maximum absolute atomic E-state index is 13.4. The fourth-order valence-corrected chi connectivity index (χ4v) is 3.91. The summed E-state index contributed by atoms with van der Waals surface area (Å²) in [5.74, 6) is -0.309. The van der Waals surface area contributed by atoms with Crippen LogP contribution in [0.25, 0.3) is 0 Å². The molecule has 2 unspecified atom stereocenters. The third-order valence-corrected chi connectivity index (χ3v) is 4.96. The van der Waals surface area contributed by atoms with Crippen molar-refractivity contribution in [3.63, 3.8) is 0 Å². The molecule has 4 nitrogen and oxygen atoms in total. The number of ether oxygens (including phenoxy) is 1. The molecule has 2 bridgehead atoms. The Balaban J connectivity index is 1.67. The predicted octanol–water partition coefficient (Wildman–Crippen LogP) is 4.82. The summed E-state index contributed by atoms with van der Waals surface area (Å²) in [4.78, 5) is 14.4. The average Bonchev–Trinajstić information content (AvgIpc) is 2.73. The van der Waals surface area contributed by atoms with Gasteiger partial charge in [0.1, 0.15) is 11.4 Å². The van der Waals surface area contributed by atoms with Crippen molar-refractivity contribution in [2.45, 2.75) is 70.2 Å². The number of anilines is 1. The van der Waals surface area contributed by atoms with Crippen LogP contribution in [0.5, 0.6) is 0 Å². The molecule has 3 rings (SSSR count). The minimum absolute atomic E-state index is 0.170. The monoisotopic (exact) mass is 354 g/mol. The van der Waals surface area contributed by atoms with Crippen LogP contribution in [0.15, 0.2) is 18.2 Å². The summed E-state index contributed by atoms with van der Waals surface area (Å²) in [7, 11) is 0. The van der Waals surface area contributed by atoms with Crippen molar-refractivity contribution < 1.29 is 13.9 Å². The van der Waals surface area contributed by atoms with Gasteiger partial charge in [-0.3, -0.25) is 0 Å². The number of piperidine rings is 1. The Morgan fingerprint density at radius 2 is 1.92 bits per heavy atom. The molecule has 0 radical (unpaired) electrons. The lowest BCUT2D eigenvalue weighted by Crippen LogP contribution is -2.51. The van der Waals surface area contributed by atoms with Gasteiger partial charge in [0.05, 0.1) is 10.7 Å². The first-order valence-electron chi connectivity index (χ1n) is 8.46. The number of fused-ring (bicyclic) bond motifs is 2. The lowest BCUT2D eigenvalue weighted by Gasteiger charge is -2.40. The van der Waals surface area contributed by atoms with E-state index in [9.17, 15) is 9.18 Å². The Bertz CT molecular complexity index is 618. The van der Waals surface area contributed by atoms with Gasteiger partial charge in [-0.25, -0.2) is 9.18 Å². The molecule has 2 fully saturated rings. The van der Waals surface area contributed by atoms with Crippen molar-refractivity contribution in [2.75, 3.05) is 5.32 Å². The molecule has 2 aliphatic heterocycles. The smallest absolute Gasteiger partial charge is 0.410 e. The molecule has 1 aromatic rings. The molecule has 1 amide bonds. The second-order valence-electron chi connectivity index (χ2n) is 7.71. The highest BCUT2D eigenvalue weighted by Crippen LogP contribution is 2.38. The predicted molar refractivity (Wildman–Crippen MR) is 92.9 cm³/mol. The fourth-order valence-electron chi connectivity index (χ4n) is 3.74. The summed E-state index contributed by atoms with van der Waals surface area (Å²) in [5, 5.41) is 3.86. The van der Waals surface area contributed by atoms with E-state index in [4.69, 9.17) is 16.3 Å². The third kappa shape index (κ3) is 3.77. The maximum Gasteiger partial charge on any atom is 0.410 e. The number of hydrogen-bond acceptors (Lipinski definition) is 3. The van der Waals surface area contributed by atoms with Crippen molar-refractivity contribution >= 4 is 23.4 Å². The van der Waals surface area contributed by atoms with E-state index < -0.39 is 5.60 Å². The molecular weight excluding hydrogens is 331 g/mol. The summed E-state index contributed by atoms with van der Waals surface area (Å²) in [6, 6.07) is 4.85. The zero-order chi connectivity index (χ0) is 17.5. The van der Waals surface area contributed by atoms with E-state index in [0.29, 0.717) is 10.7 Å². The first-order chi connectivity index (χ1) is 11.2. The molecule has 2 atom stereocenters. The van der Waals surface area contributed by atoms with Gasteiger partial charge in [0.15, 0.2) is 0 Å². The molecule has 0 spiro atoms. The molecule has 1 aromatic carbocycles. The lowest BCUT2D eigenvalue weighted by atomic mass is 9.97. The first kappa shape index (κ1) is 17.3. The Kier molecular flexibility index (Phi) is 4.65. The Morgan fingerprint density at radius 3 is 2.50 bits per heavy atom. The van der Waals surface area contributed by atoms with Gasteiger partial charge in [-0.05, 0) is 64.7 Å². The Morgan fingerprint density at radius 1 is 1.29 bits per heavy atom. The molecule has 0 saturated carbocycles. The van der Waals surface area contributed by atoms with Gasteiger partial charge < -0.3 is 15.0 Å². The van der Waals surface area contributed by atoms with Gasteiger partial charge in [0, 0.05) is 18.1 Å². The number of carbonyl (C=O) groups excluding carboxylic acids is 1. The van der Waals surface area contributed by atoms with Crippen molar-refractivity contribution in [3.05, 3.63) is 29.0 Å². The van der Waals surface area contributed by atoms with Gasteiger partial charge in [0.2, 0.25) is 0 Å². The van der Waals surface area contributed by atoms with Gasteiger partial charge in [-0.2, -0.15) is 0 Å². The van der Waals surface area contributed by atoms with Crippen molar-refractivity contribution in [1.29, 1.82) is 0 Å². The molecule has 2 heterocycles. The van der Waals surface area contributed by atoms with Gasteiger partial charge in [-0.15, -0.1) is 0 Å². The number of rotatable bonds is 2. The normalized spacial score (nSPS) is 26.4. The molecule has 2 aliphatic rings. The number of nitrogens with zero attached hydrogens (tertiary/aromatic N) is 1. The summed E-state index contributed by atoms with van der Waals surface area (Å²) in [6.45, 7) is 5.65. The number of benzene rings is 1. The van der Waals surface area contributed by atoms with Crippen LogP contribution in [0.4, 0.5) is 14.9 Å². The summed E-state index contributed by atoms with van der Waals surface area (Å²) in [5.41, 5.74) is 0.132. The van der Waals surface area contributed by atoms with Crippen LogP contribution < -0.4 is 5.32 Å². The molecule has 1 N–H and O–H groups in total. The molecule has 0 aliphatic carbocycles. The highest BCUT2D eigenvalue weighted by molar-refractivity contribution is 6.33. The highest BCUT2D eigenvalue weighted by Gasteiger charge is 2.44. The van der Waals surface area contributed by atoms with Crippen LogP contribution in [0.1, 0.15) is 46.5 Å². The van der Waals surface area contributed by atoms with E-state index in [0.717, 1.165) is 25.7 Å². The summed E-state index contributed by atoms with van der Waals surface area (Å²) >= 11 is 6.14. The van der Waals surface area contributed by atoms with Crippen LogP contribution >= 0.6 is 11.6 Å². The minimum Gasteiger partial charge on any atom is -0.444 e. The standard InChI is InChI=1S/C18H24ClFN2O2/c1-18(2,3)24-17(23)22-13-5-6-14(22)10-12(9-13)21-16-8-11(20)4-7-15(16)19/h4,7-8,12-14,21H,5-6,9-10H2,1-3H3. The zero-order valence-corrected chi connectivity index (χ0v) is 15.1. The zero-order valence-electron chi connectivity index (χ0n) is 14.3. The van der Waals surface area contributed by atoms with Crippen LogP contribution in [0.2, 0.25) is 5.02 Å². The van der Waals surface area contributed by atoms with E-state index in [2.05, 4.69) is 5.32 Å². The van der Waals surface area contributed by atoms with Gasteiger partial charge in [-0.1, -0.05) is 11.6 Å². The maximum atomic E-state index is 13.4. The molecule has 24 heavy (non-hydrogen) atoms. The largest absolute Gasteiger partial charge is 0.444 e. The van der Waals surface area contributed by atoms with E-state index >= 15 is 0 Å². The van der Waals surface area contributed by atoms with E-state index in [1.54, 1.807) is 6.07 Å². The van der Waals surface area contributed by atoms with Crippen molar-refractivity contribution in [3.8, 4) is 0 Å². The van der Waals surface area contributed by atoms with E-state index in [1.807, 2.05) is 25.7 Å². The van der Waals surface area contributed by atoms with Crippen molar-refractivity contribution in [2.24, 2.45) is 0 Å². The highest BCUT2D eigenvalue weighted by atomic mass is 35.5. The average molecular weight is 355 g/mol. The Hall–Kier alpha value is -1.49. The SMILES string of the molecule is CC(C)(C)OC(=O)N1C2CCC1CC(Nc1cc(F)ccc1Cl)C2. The number of nitrogens with one attached hydrogen (secondary N) is 1. The topological polar surface area (TPSA) is 41.6 Å². The fraction of sp³-hybridized carbons (Fsp3) is 0.611. The summed E-state index contributed by atoms with van der Waals surface area (Å²) in [6.07, 6.45) is 3.39. The molecular formula is C18H24ClFN2O2. The Labute approximate surface area is 147 Å². The number of hydrogen-bond donors (Lipinski definition) is 1. The number of halogens is 2. The first-order valence-corrected chi connectivity index (χ1v) is 8.83. The second kappa shape index (κ2) is 6.43. The van der Waals surface area contributed by atoms with Gasteiger partial charge >= 0.3 is 6.09 Å². The van der Waals surface area contributed by atoms with Crippen LogP contribution in [-0.2, 0) is 4.74 Å². The lowest BCUT2D eigenvalue weighted by molar-refractivity contribution is 0.00684. The third-order valence-electron chi connectivity index (χ3n) is 4.63. The number of carbonyl (C=O) groups is 1. The van der Waals surface area contributed by atoms with Crippen LogP contribution in [0.3, 0.4) is 0 Å². The second-order valence-corrected chi connectivity index (χ2v) is 8.12. The minimum atomic E-state index is -0.485. The number of amides is 1. The van der Waals surface area contributed by atoms with E-state index in [-0.39, 0.29) is 30.0 Å².